The van der Waals surface area contributed by atoms with Gasteiger partial charge in [0.05, 0.1) is 5.41 Å². The third kappa shape index (κ3) is 3.58. The van der Waals surface area contributed by atoms with Crippen molar-refractivity contribution in [3.05, 3.63) is 28.8 Å². The van der Waals surface area contributed by atoms with Crippen LogP contribution in [0.3, 0.4) is 0 Å². The van der Waals surface area contributed by atoms with Crippen molar-refractivity contribution in [2.24, 2.45) is 16.9 Å². The topological polar surface area (TPSA) is 81.1 Å². The van der Waals surface area contributed by atoms with Crippen LogP contribution in [0.4, 0.5) is 5.69 Å². The standard InChI is InChI=1S/C12H16ClN3OS/c1-12(2,11(15)17)6-16-9-5-7(13)3-4-8(9)10(14)18/h3-5,16H,6H2,1-2H3,(H2,14,18)(H2,15,17). The van der Waals surface area contributed by atoms with E-state index >= 15 is 0 Å². The van der Waals surface area contributed by atoms with E-state index in [2.05, 4.69) is 5.32 Å². The number of anilines is 1. The van der Waals surface area contributed by atoms with Gasteiger partial charge in [0.1, 0.15) is 4.99 Å². The largest absolute Gasteiger partial charge is 0.389 e. The zero-order chi connectivity index (χ0) is 13.9. The number of rotatable bonds is 5. The zero-order valence-electron chi connectivity index (χ0n) is 10.3. The lowest BCUT2D eigenvalue weighted by molar-refractivity contribution is -0.125. The molecule has 98 valence electrons. The number of nitrogens with two attached hydrogens (primary N) is 2. The molecule has 0 radical (unpaired) electrons. The van der Waals surface area contributed by atoms with Gasteiger partial charge in [0, 0.05) is 22.8 Å². The number of benzene rings is 1. The molecule has 1 rings (SSSR count). The summed E-state index contributed by atoms with van der Waals surface area (Å²) < 4.78 is 0. The molecule has 0 heterocycles. The maximum atomic E-state index is 11.2. The number of thiocarbonyl (C=S) groups is 1. The molecule has 0 atom stereocenters. The van der Waals surface area contributed by atoms with Gasteiger partial charge in [0.25, 0.3) is 0 Å². The van der Waals surface area contributed by atoms with Gasteiger partial charge in [-0.1, -0.05) is 23.8 Å². The van der Waals surface area contributed by atoms with Gasteiger partial charge in [-0.3, -0.25) is 4.79 Å². The summed E-state index contributed by atoms with van der Waals surface area (Å²) in [6.45, 7) is 3.89. The molecule has 0 unspecified atom stereocenters. The van der Waals surface area contributed by atoms with Gasteiger partial charge >= 0.3 is 0 Å². The molecule has 0 saturated heterocycles. The maximum Gasteiger partial charge on any atom is 0.224 e. The van der Waals surface area contributed by atoms with Gasteiger partial charge in [0.15, 0.2) is 0 Å². The lowest BCUT2D eigenvalue weighted by Crippen LogP contribution is -2.37. The first-order valence-electron chi connectivity index (χ1n) is 5.37. The van der Waals surface area contributed by atoms with E-state index in [0.717, 1.165) is 0 Å². The van der Waals surface area contributed by atoms with Gasteiger partial charge < -0.3 is 16.8 Å². The Kier molecular flexibility index (Phi) is 4.53. The first kappa shape index (κ1) is 14.7. The van der Waals surface area contributed by atoms with Crippen molar-refractivity contribution in [3.8, 4) is 0 Å². The number of primary amides is 1. The number of halogens is 1. The molecule has 1 amide bonds. The molecule has 0 bridgehead atoms. The smallest absolute Gasteiger partial charge is 0.224 e. The lowest BCUT2D eigenvalue weighted by Gasteiger charge is -2.22. The molecule has 0 saturated carbocycles. The Labute approximate surface area is 117 Å². The second kappa shape index (κ2) is 5.54. The number of carbonyl (C=O) groups is 1. The van der Waals surface area contributed by atoms with Crippen molar-refractivity contribution in [2.45, 2.75) is 13.8 Å². The second-order valence-corrected chi connectivity index (χ2v) is 5.53. The maximum absolute atomic E-state index is 11.2. The average Bonchev–Trinajstić information content (AvgIpc) is 2.26. The van der Waals surface area contributed by atoms with E-state index in [1.807, 2.05) is 0 Å². The Balaban J connectivity index is 2.94. The molecule has 4 nitrogen and oxygen atoms in total. The van der Waals surface area contributed by atoms with Crippen LogP contribution in [0.1, 0.15) is 19.4 Å². The molecule has 0 aliphatic rings. The molecule has 0 spiro atoms. The summed E-state index contributed by atoms with van der Waals surface area (Å²) in [7, 11) is 0. The highest BCUT2D eigenvalue weighted by Crippen LogP contribution is 2.23. The van der Waals surface area contributed by atoms with Gasteiger partial charge in [-0.15, -0.1) is 0 Å². The van der Waals surface area contributed by atoms with E-state index in [4.69, 9.17) is 35.3 Å². The van der Waals surface area contributed by atoms with Crippen LogP contribution in [0.2, 0.25) is 5.02 Å². The molecular formula is C12H16ClN3OS. The van der Waals surface area contributed by atoms with Crippen molar-refractivity contribution >= 4 is 40.4 Å². The first-order valence-corrected chi connectivity index (χ1v) is 6.16. The predicted molar refractivity (Wildman–Crippen MR) is 78.8 cm³/mol. The van der Waals surface area contributed by atoms with Crippen molar-refractivity contribution in [1.82, 2.24) is 0 Å². The normalized spacial score (nSPS) is 11.1. The van der Waals surface area contributed by atoms with Gasteiger partial charge in [0.2, 0.25) is 5.91 Å². The predicted octanol–water partition coefficient (Wildman–Crippen LogP) is 1.90. The second-order valence-electron chi connectivity index (χ2n) is 4.66. The average molecular weight is 286 g/mol. The summed E-state index contributed by atoms with van der Waals surface area (Å²) >= 11 is 10.9. The third-order valence-electron chi connectivity index (χ3n) is 2.63. The number of hydrogen-bond donors (Lipinski definition) is 3. The zero-order valence-corrected chi connectivity index (χ0v) is 11.9. The van der Waals surface area contributed by atoms with E-state index in [1.165, 1.54) is 0 Å². The summed E-state index contributed by atoms with van der Waals surface area (Å²) in [5.74, 6) is -0.381. The molecule has 6 heteroatoms. The van der Waals surface area contributed by atoms with Crippen LogP contribution < -0.4 is 16.8 Å². The van der Waals surface area contributed by atoms with E-state index in [0.29, 0.717) is 22.8 Å². The number of carbonyl (C=O) groups excluding carboxylic acids is 1. The molecule has 0 fully saturated rings. The van der Waals surface area contributed by atoms with E-state index < -0.39 is 5.41 Å². The van der Waals surface area contributed by atoms with Gasteiger partial charge in [-0.2, -0.15) is 0 Å². The number of amides is 1. The highest BCUT2D eigenvalue weighted by Gasteiger charge is 2.24. The van der Waals surface area contributed by atoms with Gasteiger partial charge in [-0.05, 0) is 32.0 Å². The third-order valence-corrected chi connectivity index (χ3v) is 3.09. The Morgan fingerprint density at radius 3 is 2.56 bits per heavy atom. The highest BCUT2D eigenvalue weighted by atomic mass is 35.5. The van der Waals surface area contributed by atoms with Crippen LogP contribution in [0, 0.1) is 5.41 Å². The van der Waals surface area contributed by atoms with Crippen LogP contribution in [0.15, 0.2) is 18.2 Å². The summed E-state index contributed by atoms with van der Waals surface area (Å²) in [4.78, 5) is 11.5. The fourth-order valence-electron chi connectivity index (χ4n) is 1.28. The molecular weight excluding hydrogens is 270 g/mol. The summed E-state index contributed by atoms with van der Waals surface area (Å²) in [5.41, 5.74) is 11.6. The van der Waals surface area contributed by atoms with Crippen molar-refractivity contribution in [3.63, 3.8) is 0 Å². The molecule has 0 aromatic heterocycles. The molecule has 1 aromatic carbocycles. The quantitative estimate of drug-likeness (QED) is 0.722. The van der Waals surface area contributed by atoms with Crippen molar-refractivity contribution in [1.29, 1.82) is 0 Å². The SMILES string of the molecule is CC(C)(CNc1cc(Cl)ccc1C(N)=S)C(N)=O. The molecule has 0 aliphatic carbocycles. The minimum absolute atomic E-state index is 0.269. The van der Waals surface area contributed by atoms with Crippen molar-refractivity contribution in [2.75, 3.05) is 11.9 Å². The molecule has 0 aliphatic heterocycles. The molecule has 1 aromatic rings. The summed E-state index contributed by atoms with van der Waals surface area (Å²) in [6.07, 6.45) is 0. The monoisotopic (exact) mass is 285 g/mol. The van der Waals surface area contributed by atoms with E-state index in [1.54, 1.807) is 32.0 Å². The summed E-state index contributed by atoms with van der Waals surface area (Å²) in [6, 6.07) is 5.16. The van der Waals surface area contributed by atoms with Crippen LogP contribution in [-0.4, -0.2) is 17.4 Å². The molecule has 18 heavy (non-hydrogen) atoms. The highest BCUT2D eigenvalue weighted by molar-refractivity contribution is 7.80. The van der Waals surface area contributed by atoms with E-state index in [-0.39, 0.29) is 10.9 Å². The minimum Gasteiger partial charge on any atom is -0.389 e. The fraction of sp³-hybridized carbons (Fsp3) is 0.333. The first-order chi connectivity index (χ1) is 8.24. The van der Waals surface area contributed by atoms with Crippen LogP contribution >= 0.6 is 23.8 Å². The van der Waals surface area contributed by atoms with E-state index in [9.17, 15) is 4.79 Å². The fourth-order valence-corrected chi connectivity index (χ4v) is 1.63. The Hall–Kier alpha value is -1.33. The number of nitrogens with one attached hydrogen (secondary N) is 1. The number of hydrogen-bond acceptors (Lipinski definition) is 3. The molecule has 5 N–H and O–H groups in total. The minimum atomic E-state index is -0.671. The van der Waals surface area contributed by atoms with Gasteiger partial charge in [-0.25, -0.2) is 0 Å². The van der Waals surface area contributed by atoms with Crippen LogP contribution in [-0.2, 0) is 4.79 Å². The Morgan fingerprint density at radius 1 is 1.44 bits per heavy atom. The summed E-state index contributed by atoms with van der Waals surface area (Å²) in [5, 5.41) is 3.67. The van der Waals surface area contributed by atoms with Crippen LogP contribution in [0.5, 0.6) is 0 Å². The van der Waals surface area contributed by atoms with Crippen molar-refractivity contribution < 1.29 is 4.79 Å². The van der Waals surface area contributed by atoms with Crippen LogP contribution in [0.25, 0.3) is 0 Å². The lowest BCUT2D eigenvalue weighted by atomic mass is 9.92. The Bertz CT molecular complexity index is 488. The Morgan fingerprint density at radius 2 is 2.06 bits per heavy atom.